The highest BCUT2D eigenvalue weighted by atomic mass is 16.5. The molecule has 1 fully saturated rings. The van der Waals surface area contributed by atoms with E-state index in [1.807, 2.05) is 29.2 Å². The molecule has 1 aliphatic heterocycles. The molecule has 5 nitrogen and oxygen atoms in total. The van der Waals surface area contributed by atoms with Crippen molar-refractivity contribution in [3.63, 3.8) is 0 Å². The standard InChI is InChI=1S/C23H26N2O3/c26-22(16-28-21-13-7-9-17-8-1-2-10-18(17)21)24-20-12-4-3-11-19(20)23(27)25-14-5-6-15-25/h3-4,7,9,11-13H,1-2,5-6,8,10,14-16H2,(H,24,26). The van der Waals surface area contributed by atoms with Crippen LogP contribution in [-0.2, 0) is 17.6 Å². The quantitative estimate of drug-likeness (QED) is 0.860. The van der Waals surface area contributed by atoms with Crippen LogP contribution >= 0.6 is 0 Å². The lowest BCUT2D eigenvalue weighted by Crippen LogP contribution is -2.29. The smallest absolute Gasteiger partial charge is 0.262 e. The van der Waals surface area contributed by atoms with Gasteiger partial charge in [-0.15, -0.1) is 0 Å². The molecule has 0 atom stereocenters. The van der Waals surface area contributed by atoms with Gasteiger partial charge in [-0.3, -0.25) is 9.59 Å². The summed E-state index contributed by atoms with van der Waals surface area (Å²) in [6, 6.07) is 13.2. The Morgan fingerprint density at radius 3 is 2.57 bits per heavy atom. The minimum absolute atomic E-state index is 0.0218. The fraction of sp³-hybridized carbons (Fsp3) is 0.391. The van der Waals surface area contributed by atoms with E-state index in [0.29, 0.717) is 11.3 Å². The first kappa shape index (κ1) is 18.5. The average Bonchev–Trinajstić information content (AvgIpc) is 3.27. The summed E-state index contributed by atoms with van der Waals surface area (Å²) < 4.78 is 5.83. The molecule has 2 aliphatic rings. The van der Waals surface area contributed by atoms with Crippen molar-refractivity contribution >= 4 is 17.5 Å². The number of nitrogens with zero attached hydrogens (tertiary/aromatic N) is 1. The van der Waals surface area contributed by atoms with Crippen LogP contribution in [0.2, 0.25) is 0 Å². The SMILES string of the molecule is O=C(COc1cccc2c1CCCC2)Nc1ccccc1C(=O)N1CCCC1. The number of aryl methyl sites for hydroxylation is 1. The molecule has 0 aromatic heterocycles. The molecule has 4 rings (SSSR count). The zero-order valence-corrected chi connectivity index (χ0v) is 16.1. The monoisotopic (exact) mass is 378 g/mol. The van der Waals surface area contributed by atoms with Crippen LogP contribution in [0.25, 0.3) is 0 Å². The van der Waals surface area contributed by atoms with Crippen LogP contribution in [0.15, 0.2) is 42.5 Å². The van der Waals surface area contributed by atoms with Crippen molar-refractivity contribution in [2.45, 2.75) is 38.5 Å². The Kier molecular flexibility index (Phi) is 5.60. The van der Waals surface area contributed by atoms with Crippen molar-refractivity contribution in [2.24, 2.45) is 0 Å². The van der Waals surface area contributed by atoms with Crippen molar-refractivity contribution in [1.82, 2.24) is 4.90 Å². The maximum Gasteiger partial charge on any atom is 0.262 e. The van der Waals surface area contributed by atoms with E-state index < -0.39 is 0 Å². The molecule has 2 aromatic carbocycles. The Labute approximate surface area is 165 Å². The molecule has 1 saturated heterocycles. The fourth-order valence-electron chi connectivity index (χ4n) is 4.08. The predicted molar refractivity (Wildman–Crippen MR) is 109 cm³/mol. The summed E-state index contributed by atoms with van der Waals surface area (Å²) in [5.41, 5.74) is 3.63. The third-order valence-corrected chi connectivity index (χ3v) is 5.54. The number of hydrogen-bond acceptors (Lipinski definition) is 3. The maximum atomic E-state index is 12.7. The molecule has 0 spiro atoms. The van der Waals surface area contributed by atoms with E-state index >= 15 is 0 Å². The second kappa shape index (κ2) is 8.46. The lowest BCUT2D eigenvalue weighted by molar-refractivity contribution is -0.118. The van der Waals surface area contributed by atoms with E-state index in [9.17, 15) is 9.59 Å². The average molecular weight is 378 g/mol. The van der Waals surface area contributed by atoms with Crippen molar-refractivity contribution in [3.8, 4) is 5.75 Å². The second-order valence-electron chi connectivity index (χ2n) is 7.48. The minimum Gasteiger partial charge on any atom is -0.483 e. The molecule has 0 unspecified atom stereocenters. The van der Waals surface area contributed by atoms with Crippen LogP contribution in [0, 0.1) is 0 Å². The van der Waals surface area contributed by atoms with Gasteiger partial charge in [0, 0.05) is 13.1 Å². The Balaban J connectivity index is 1.41. The van der Waals surface area contributed by atoms with Crippen molar-refractivity contribution < 1.29 is 14.3 Å². The highest BCUT2D eigenvalue weighted by Gasteiger charge is 2.22. The molecule has 0 radical (unpaired) electrons. The lowest BCUT2D eigenvalue weighted by Gasteiger charge is -2.20. The second-order valence-corrected chi connectivity index (χ2v) is 7.48. The number of ether oxygens (including phenoxy) is 1. The zero-order chi connectivity index (χ0) is 19.3. The summed E-state index contributed by atoms with van der Waals surface area (Å²) in [5, 5.41) is 2.85. The molecule has 1 N–H and O–H groups in total. The first-order valence-electron chi connectivity index (χ1n) is 10.1. The van der Waals surface area contributed by atoms with Gasteiger partial charge in [-0.05, 0) is 67.9 Å². The van der Waals surface area contributed by atoms with Crippen LogP contribution in [0.1, 0.15) is 47.2 Å². The minimum atomic E-state index is -0.255. The number of nitrogens with one attached hydrogen (secondary N) is 1. The van der Waals surface area contributed by atoms with Gasteiger partial charge in [0.2, 0.25) is 0 Å². The predicted octanol–water partition coefficient (Wildman–Crippen LogP) is 3.82. The van der Waals surface area contributed by atoms with Gasteiger partial charge in [-0.1, -0.05) is 24.3 Å². The van der Waals surface area contributed by atoms with Gasteiger partial charge >= 0.3 is 0 Å². The number of amides is 2. The van der Waals surface area contributed by atoms with Crippen LogP contribution in [0.4, 0.5) is 5.69 Å². The normalized spacial score (nSPS) is 15.8. The van der Waals surface area contributed by atoms with Crippen molar-refractivity contribution in [1.29, 1.82) is 0 Å². The van der Waals surface area contributed by atoms with E-state index in [-0.39, 0.29) is 18.4 Å². The fourth-order valence-corrected chi connectivity index (χ4v) is 4.08. The number of anilines is 1. The van der Waals surface area contributed by atoms with Gasteiger partial charge in [-0.2, -0.15) is 0 Å². The Morgan fingerprint density at radius 2 is 1.71 bits per heavy atom. The van der Waals surface area contributed by atoms with E-state index in [0.717, 1.165) is 50.9 Å². The number of carbonyl (C=O) groups excluding carboxylic acids is 2. The van der Waals surface area contributed by atoms with Crippen LogP contribution in [-0.4, -0.2) is 36.4 Å². The van der Waals surface area contributed by atoms with Crippen LogP contribution < -0.4 is 10.1 Å². The van der Waals surface area contributed by atoms with E-state index in [1.165, 1.54) is 17.5 Å². The molecule has 2 amide bonds. The number of likely N-dealkylation sites (tertiary alicyclic amines) is 1. The molecule has 0 saturated carbocycles. The first-order valence-corrected chi connectivity index (χ1v) is 10.1. The largest absolute Gasteiger partial charge is 0.483 e. The van der Waals surface area contributed by atoms with E-state index in [2.05, 4.69) is 11.4 Å². The topological polar surface area (TPSA) is 58.6 Å². The van der Waals surface area contributed by atoms with Gasteiger partial charge < -0.3 is 15.0 Å². The molecular weight excluding hydrogens is 352 g/mol. The number of benzene rings is 2. The summed E-state index contributed by atoms with van der Waals surface area (Å²) in [5.74, 6) is 0.523. The third-order valence-electron chi connectivity index (χ3n) is 5.54. The van der Waals surface area contributed by atoms with Crippen molar-refractivity contribution in [2.75, 3.05) is 25.0 Å². The number of rotatable bonds is 5. The van der Waals surface area contributed by atoms with E-state index in [1.54, 1.807) is 12.1 Å². The van der Waals surface area contributed by atoms with Gasteiger partial charge in [0.25, 0.3) is 11.8 Å². The summed E-state index contributed by atoms with van der Waals surface area (Å²) in [4.78, 5) is 27.1. The Bertz CT molecular complexity index is 872. The van der Waals surface area contributed by atoms with Gasteiger partial charge in [0.1, 0.15) is 5.75 Å². The molecule has 1 heterocycles. The lowest BCUT2D eigenvalue weighted by atomic mass is 9.91. The summed E-state index contributed by atoms with van der Waals surface area (Å²) in [6.07, 6.45) is 6.51. The molecule has 28 heavy (non-hydrogen) atoms. The van der Waals surface area contributed by atoms with Gasteiger partial charge in [-0.25, -0.2) is 0 Å². The first-order chi connectivity index (χ1) is 13.7. The summed E-state index contributed by atoms with van der Waals surface area (Å²) >= 11 is 0. The summed E-state index contributed by atoms with van der Waals surface area (Å²) in [7, 11) is 0. The number of carbonyl (C=O) groups is 2. The van der Waals surface area contributed by atoms with Crippen LogP contribution in [0.3, 0.4) is 0 Å². The van der Waals surface area contributed by atoms with Gasteiger partial charge in [0.15, 0.2) is 6.61 Å². The van der Waals surface area contributed by atoms with Crippen LogP contribution in [0.5, 0.6) is 5.75 Å². The summed E-state index contributed by atoms with van der Waals surface area (Å²) in [6.45, 7) is 1.50. The maximum absolute atomic E-state index is 12.7. The Morgan fingerprint density at radius 1 is 0.929 bits per heavy atom. The zero-order valence-electron chi connectivity index (χ0n) is 16.1. The highest BCUT2D eigenvalue weighted by Crippen LogP contribution is 2.29. The highest BCUT2D eigenvalue weighted by molar-refractivity contribution is 6.04. The molecule has 0 bridgehead atoms. The number of fused-ring (bicyclic) bond motifs is 1. The van der Waals surface area contributed by atoms with Gasteiger partial charge in [0.05, 0.1) is 11.3 Å². The Hall–Kier alpha value is -2.82. The molecule has 146 valence electrons. The molecule has 5 heteroatoms. The molecule has 1 aliphatic carbocycles. The number of hydrogen-bond donors (Lipinski definition) is 1. The molecule has 2 aromatic rings. The number of para-hydroxylation sites is 1. The third kappa shape index (κ3) is 4.03. The van der Waals surface area contributed by atoms with E-state index in [4.69, 9.17) is 4.74 Å². The molecular formula is C23H26N2O3. The van der Waals surface area contributed by atoms with Crippen molar-refractivity contribution in [3.05, 3.63) is 59.2 Å².